The molecule has 2 heterocycles. The van der Waals surface area contributed by atoms with Crippen LogP contribution in [0.3, 0.4) is 0 Å². The number of alkyl halides is 3. The van der Waals surface area contributed by atoms with Gasteiger partial charge in [0.25, 0.3) is 0 Å². The van der Waals surface area contributed by atoms with Crippen LogP contribution in [0.5, 0.6) is 5.75 Å². The van der Waals surface area contributed by atoms with E-state index in [9.17, 15) is 18.0 Å². The summed E-state index contributed by atoms with van der Waals surface area (Å²) in [6.07, 6.45) is 2.53. The summed E-state index contributed by atoms with van der Waals surface area (Å²) in [7, 11) is 0. The number of carbonyl (C=O) groups excluding carboxylic acids is 1. The molecule has 1 aromatic heterocycles. The molecular formula is C25H32F3N3O4. The first-order valence-electron chi connectivity index (χ1n) is 11.8. The average Bonchev–Trinajstić information content (AvgIpc) is 3.44. The lowest BCUT2D eigenvalue weighted by Gasteiger charge is -2.26. The Balaban J connectivity index is 1.77. The number of unbranched alkanes of at least 4 members (excludes halogenated alkanes) is 1. The van der Waals surface area contributed by atoms with Crippen molar-refractivity contribution in [2.45, 2.75) is 77.6 Å². The van der Waals surface area contributed by atoms with Crippen molar-refractivity contribution in [3.63, 3.8) is 0 Å². The quantitative estimate of drug-likeness (QED) is 0.291. The number of likely N-dealkylation sites (tertiary alicyclic amines) is 1. The van der Waals surface area contributed by atoms with Gasteiger partial charge in [-0.25, -0.2) is 4.79 Å². The third-order valence-electron chi connectivity index (χ3n) is 5.31. The van der Waals surface area contributed by atoms with Crippen LogP contribution in [0, 0.1) is 0 Å². The SMILES string of the molecule is CCC/C=C\CCOc1ccc(-c2noc([C@@H]3CCCN3C(=O)OC(C)(C)C)n2)cc1C(F)(F)F. The van der Waals surface area contributed by atoms with Crippen LogP contribution in [0.4, 0.5) is 18.0 Å². The zero-order valence-electron chi connectivity index (χ0n) is 20.5. The number of carbonyl (C=O) groups is 1. The van der Waals surface area contributed by atoms with Gasteiger partial charge in [-0.1, -0.05) is 30.7 Å². The van der Waals surface area contributed by atoms with Gasteiger partial charge < -0.3 is 14.0 Å². The third kappa shape index (κ3) is 7.22. The van der Waals surface area contributed by atoms with E-state index in [0.29, 0.717) is 19.4 Å². The van der Waals surface area contributed by atoms with E-state index >= 15 is 0 Å². The Hall–Kier alpha value is -3.04. The highest BCUT2D eigenvalue weighted by atomic mass is 19.4. The molecule has 1 atom stereocenters. The van der Waals surface area contributed by atoms with Gasteiger partial charge in [0.15, 0.2) is 0 Å². The van der Waals surface area contributed by atoms with E-state index in [-0.39, 0.29) is 29.6 Å². The molecule has 2 aromatic rings. The Morgan fingerprint density at radius 3 is 2.66 bits per heavy atom. The third-order valence-corrected chi connectivity index (χ3v) is 5.31. The van der Waals surface area contributed by atoms with Gasteiger partial charge in [0.1, 0.15) is 17.4 Å². The molecule has 10 heteroatoms. The molecule has 35 heavy (non-hydrogen) atoms. The summed E-state index contributed by atoms with van der Waals surface area (Å²) in [6, 6.07) is 3.20. The molecule has 3 rings (SSSR count). The maximum Gasteiger partial charge on any atom is 0.419 e. The minimum atomic E-state index is -4.62. The van der Waals surface area contributed by atoms with Gasteiger partial charge in [0.2, 0.25) is 11.7 Å². The lowest BCUT2D eigenvalue weighted by Crippen LogP contribution is -2.36. The van der Waals surface area contributed by atoms with Crippen molar-refractivity contribution in [1.82, 2.24) is 15.0 Å². The van der Waals surface area contributed by atoms with E-state index in [1.54, 1.807) is 20.8 Å². The maximum atomic E-state index is 13.7. The standard InChI is InChI=1S/C25H32F3N3O4/c1-5-6-7-8-9-15-33-20-13-12-17(16-18(20)25(26,27)28)21-29-22(35-30-21)19-11-10-14-31(19)23(32)34-24(2,3)4/h7-8,12-13,16,19H,5-6,9-11,14-15H2,1-4H3/b8-7-/t19-/m0/s1. The fourth-order valence-electron chi connectivity index (χ4n) is 3.71. The van der Waals surface area contributed by atoms with Gasteiger partial charge >= 0.3 is 12.3 Å². The van der Waals surface area contributed by atoms with Crippen LogP contribution in [0.1, 0.15) is 77.3 Å². The van der Waals surface area contributed by atoms with Crippen LogP contribution in [0.15, 0.2) is 34.9 Å². The molecule has 1 fully saturated rings. The molecule has 0 saturated carbocycles. The molecular weight excluding hydrogens is 463 g/mol. The number of amides is 1. The van der Waals surface area contributed by atoms with Crippen LogP contribution in [-0.4, -0.2) is 39.9 Å². The largest absolute Gasteiger partial charge is 0.493 e. The number of benzene rings is 1. The van der Waals surface area contributed by atoms with Gasteiger partial charge in [0.05, 0.1) is 12.2 Å². The monoisotopic (exact) mass is 495 g/mol. The van der Waals surface area contributed by atoms with E-state index in [4.69, 9.17) is 14.0 Å². The van der Waals surface area contributed by atoms with Crippen molar-refractivity contribution in [2.75, 3.05) is 13.2 Å². The summed E-state index contributed by atoms with van der Waals surface area (Å²) < 4.78 is 57.4. The Morgan fingerprint density at radius 1 is 1.23 bits per heavy atom. The van der Waals surface area contributed by atoms with Crippen molar-refractivity contribution in [2.24, 2.45) is 0 Å². The number of allylic oxidation sites excluding steroid dienone is 1. The highest BCUT2D eigenvalue weighted by Crippen LogP contribution is 2.39. The number of halogens is 3. The topological polar surface area (TPSA) is 77.7 Å². The molecule has 1 amide bonds. The van der Waals surface area contributed by atoms with Crippen molar-refractivity contribution in [1.29, 1.82) is 0 Å². The van der Waals surface area contributed by atoms with Crippen LogP contribution in [0.2, 0.25) is 0 Å². The molecule has 0 radical (unpaired) electrons. The fourth-order valence-corrected chi connectivity index (χ4v) is 3.71. The van der Waals surface area contributed by atoms with Gasteiger partial charge in [-0.2, -0.15) is 18.2 Å². The average molecular weight is 496 g/mol. The Bertz CT molecular complexity index is 1030. The number of hydrogen-bond acceptors (Lipinski definition) is 6. The predicted molar refractivity (Wildman–Crippen MR) is 124 cm³/mol. The molecule has 192 valence electrons. The first-order valence-corrected chi connectivity index (χ1v) is 11.8. The first kappa shape index (κ1) is 26.6. The minimum absolute atomic E-state index is 0.00980. The summed E-state index contributed by atoms with van der Waals surface area (Å²) in [6.45, 7) is 7.97. The second-order valence-electron chi connectivity index (χ2n) is 9.39. The number of aromatic nitrogens is 2. The number of nitrogens with zero attached hydrogens (tertiary/aromatic N) is 3. The van der Waals surface area contributed by atoms with Crippen LogP contribution in [-0.2, 0) is 10.9 Å². The molecule has 0 spiro atoms. The van der Waals surface area contributed by atoms with Crippen molar-refractivity contribution < 1.29 is 32.0 Å². The normalized spacial score (nSPS) is 16.8. The zero-order valence-corrected chi connectivity index (χ0v) is 20.5. The highest BCUT2D eigenvalue weighted by Gasteiger charge is 2.38. The Labute approximate surface area is 203 Å². The maximum absolute atomic E-state index is 13.7. The van der Waals surface area contributed by atoms with Crippen molar-refractivity contribution >= 4 is 6.09 Å². The molecule has 0 aliphatic carbocycles. The van der Waals surface area contributed by atoms with E-state index in [0.717, 1.165) is 25.3 Å². The lowest BCUT2D eigenvalue weighted by molar-refractivity contribution is -0.138. The van der Waals surface area contributed by atoms with Crippen LogP contribution in [0.25, 0.3) is 11.4 Å². The lowest BCUT2D eigenvalue weighted by atomic mass is 10.1. The highest BCUT2D eigenvalue weighted by molar-refractivity contribution is 5.69. The molecule has 1 saturated heterocycles. The van der Waals surface area contributed by atoms with Gasteiger partial charge in [-0.05, 0) is 64.7 Å². The van der Waals surface area contributed by atoms with Crippen molar-refractivity contribution in [3.05, 3.63) is 41.8 Å². The second-order valence-corrected chi connectivity index (χ2v) is 9.39. The fraction of sp³-hybridized carbons (Fsp3) is 0.560. The van der Waals surface area contributed by atoms with Crippen molar-refractivity contribution in [3.8, 4) is 17.1 Å². The molecule has 7 nitrogen and oxygen atoms in total. The Morgan fingerprint density at radius 2 is 1.97 bits per heavy atom. The van der Waals surface area contributed by atoms with Gasteiger partial charge in [-0.15, -0.1) is 0 Å². The van der Waals surface area contributed by atoms with E-state index in [2.05, 4.69) is 17.1 Å². The summed E-state index contributed by atoms with van der Waals surface area (Å²) >= 11 is 0. The summed E-state index contributed by atoms with van der Waals surface area (Å²) in [4.78, 5) is 18.4. The molecule has 0 bridgehead atoms. The zero-order chi connectivity index (χ0) is 25.6. The predicted octanol–water partition coefficient (Wildman–Crippen LogP) is 6.95. The van der Waals surface area contributed by atoms with Gasteiger partial charge in [-0.3, -0.25) is 4.90 Å². The molecule has 1 aliphatic rings. The Kier molecular flexibility index (Phi) is 8.45. The van der Waals surface area contributed by atoms with E-state index < -0.39 is 29.5 Å². The summed E-state index contributed by atoms with van der Waals surface area (Å²) in [5.41, 5.74) is -1.42. The molecule has 1 aromatic carbocycles. The molecule has 0 unspecified atom stereocenters. The summed E-state index contributed by atoms with van der Waals surface area (Å²) in [5, 5.41) is 3.87. The summed E-state index contributed by atoms with van der Waals surface area (Å²) in [5.74, 6) is -0.0764. The van der Waals surface area contributed by atoms with Gasteiger partial charge in [0, 0.05) is 12.1 Å². The minimum Gasteiger partial charge on any atom is -0.493 e. The number of hydrogen-bond donors (Lipinski definition) is 0. The molecule has 1 aliphatic heterocycles. The van der Waals surface area contributed by atoms with Crippen LogP contribution >= 0.6 is 0 Å². The second kappa shape index (κ2) is 11.1. The number of ether oxygens (including phenoxy) is 2. The first-order chi connectivity index (χ1) is 16.5. The molecule has 0 N–H and O–H groups in total. The number of rotatable bonds is 8. The van der Waals surface area contributed by atoms with E-state index in [1.807, 2.05) is 12.2 Å². The van der Waals surface area contributed by atoms with E-state index in [1.165, 1.54) is 17.0 Å². The smallest absolute Gasteiger partial charge is 0.419 e. The van der Waals surface area contributed by atoms with Crippen LogP contribution < -0.4 is 4.74 Å².